The number of hydrogen-bond donors (Lipinski definition) is 2. The van der Waals surface area contributed by atoms with Gasteiger partial charge in [-0.15, -0.1) is 0 Å². The first-order valence-corrected chi connectivity index (χ1v) is 8.69. The molecule has 1 amide bonds. The summed E-state index contributed by atoms with van der Waals surface area (Å²) in [6.45, 7) is 1.52. The highest BCUT2D eigenvalue weighted by Crippen LogP contribution is 2.42. The molecule has 2 atom stereocenters. The molecular weight excluding hydrogens is 310 g/mol. The lowest BCUT2D eigenvalue weighted by molar-refractivity contribution is -0.114. The molecule has 0 aromatic heterocycles. The van der Waals surface area contributed by atoms with Gasteiger partial charge in [0.1, 0.15) is 0 Å². The predicted molar refractivity (Wildman–Crippen MR) is 103 cm³/mol. The fourth-order valence-corrected chi connectivity index (χ4v) is 3.67. The van der Waals surface area contributed by atoms with E-state index in [1.54, 1.807) is 0 Å². The highest BCUT2D eigenvalue weighted by molar-refractivity contribution is 6.01. The molecule has 2 N–H and O–H groups in total. The zero-order valence-corrected chi connectivity index (χ0v) is 14.2. The topological polar surface area (TPSA) is 53.5 Å². The molecule has 1 aliphatic heterocycles. The van der Waals surface area contributed by atoms with Gasteiger partial charge in [0.15, 0.2) is 0 Å². The number of hydrogen-bond acceptors (Lipinski definition) is 3. The van der Waals surface area contributed by atoms with Crippen LogP contribution in [0.1, 0.15) is 31.4 Å². The second kappa shape index (κ2) is 6.55. The first kappa shape index (κ1) is 15.6. The number of nitrogens with one attached hydrogen (secondary N) is 2. The van der Waals surface area contributed by atoms with E-state index in [1.165, 1.54) is 12.5 Å². The van der Waals surface area contributed by atoms with Gasteiger partial charge < -0.3 is 10.6 Å². The van der Waals surface area contributed by atoms with Crippen LogP contribution in [0.25, 0.3) is 0 Å². The van der Waals surface area contributed by atoms with E-state index >= 15 is 0 Å². The Bertz CT molecular complexity index is 869. The van der Waals surface area contributed by atoms with E-state index in [-0.39, 0.29) is 11.9 Å². The average molecular weight is 331 g/mol. The normalized spacial score (nSPS) is 20.9. The van der Waals surface area contributed by atoms with Gasteiger partial charge in [-0.05, 0) is 43.2 Å². The Hall–Kier alpha value is -2.88. The smallest absolute Gasteiger partial charge is 0.221 e. The molecule has 2 aromatic carbocycles. The third-order valence-corrected chi connectivity index (χ3v) is 4.74. The Labute approximate surface area is 147 Å². The number of nitrogens with zero attached hydrogens (tertiary/aromatic N) is 1. The standard InChI is InChI=1S/C21H21N3O/c1-14(25)22-15-7-6-8-16(13-15)23-21-17-9-2-4-11-19(17)24-20-12-5-3-10-18(20)21/h2,4-9,11-13,18,21,23H,3,10H2,1H3,(H,22,25). The lowest BCUT2D eigenvalue weighted by Gasteiger charge is -2.35. The molecule has 0 fully saturated rings. The number of carbonyl (C=O) groups excluding carboxylic acids is 1. The molecule has 4 nitrogen and oxygen atoms in total. The van der Waals surface area contributed by atoms with E-state index in [2.05, 4.69) is 41.0 Å². The van der Waals surface area contributed by atoms with E-state index in [1.807, 2.05) is 30.3 Å². The molecule has 126 valence electrons. The van der Waals surface area contributed by atoms with Gasteiger partial charge in [-0.25, -0.2) is 0 Å². The van der Waals surface area contributed by atoms with Crippen LogP contribution in [0.15, 0.2) is 65.7 Å². The summed E-state index contributed by atoms with van der Waals surface area (Å²) < 4.78 is 0. The van der Waals surface area contributed by atoms with Crippen molar-refractivity contribution in [3.63, 3.8) is 0 Å². The second-order valence-electron chi connectivity index (χ2n) is 6.57. The molecule has 0 spiro atoms. The molecule has 2 aromatic rings. The van der Waals surface area contributed by atoms with Crippen LogP contribution in [0.3, 0.4) is 0 Å². The summed E-state index contributed by atoms with van der Waals surface area (Å²) in [4.78, 5) is 16.2. The molecule has 0 saturated heterocycles. The number of allylic oxidation sites excluding steroid dienone is 2. The Morgan fingerprint density at radius 3 is 2.84 bits per heavy atom. The fourth-order valence-electron chi connectivity index (χ4n) is 3.67. The van der Waals surface area contributed by atoms with E-state index in [0.29, 0.717) is 5.92 Å². The number of carbonyl (C=O) groups is 1. The molecule has 1 aliphatic carbocycles. The summed E-state index contributed by atoms with van der Waals surface area (Å²) in [6.07, 6.45) is 6.53. The molecule has 4 rings (SSSR count). The van der Waals surface area contributed by atoms with E-state index in [4.69, 9.17) is 4.99 Å². The molecule has 25 heavy (non-hydrogen) atoms. The number of fused-ring (bicyclic) bond motifs is 2. The predicted octanol–water partition coefficient (Wildman–Crippen LogP) is 4.85. The van der Waals surface area contributed by atoms with Gasteiger partial charge in [-0.2, -0.15) is 0 Å². The molecule has 0 bridgehead atoms. The third kappa shape index (κ3) is 3.20. The highest BCUT2D eigenvalue weighted by atomic mass is 16.1. The summed E-state index contributed by atoms with van der Waals surface area (Å²) in [6, 6.07) is 16.4. The van der Waals surface area contributed by atoms with E-state index < -0.39 is 0 Å². The maximum atomic E-state index is 11.3. The maximum Gasteiger partial charge on any atom is 0.221 e. The van der Waals surface area contributed by atoms with Gasteiger partial charge in [0.2, 0.25) is 5.91 Å². The fraction of sp³-hybridized carbons (Fsp3) is 0.238. The van der Waals surface area contributed by atoms with Gasteiger partial charge in [0.25, 0.3) is 0 Å². The minimum Gasteiger partial charge on any atom is -0.377 e. The molecule has 1 heterocycles. The van der Waals surface area contributed by atoms with Crippen molar-refractivity contribution in [3.05, 3.63) is 66.2 Å². The summed E-state index contributed by atoms with van der Waals surface area (Å²) in [7, 11) is 0. The van der Waals surface area contributed by atoms with Crippen LogP contribution < -0.4 is 10.6 Å². The number of rotatable bonds is 3. The molecular formula is C21H21N3O. The number of amides is 1. The van der Waals surface area contributed by atoms with Crippen molar-refractivity contribution >= 4 is 28.7 Å². The van der Waals surface area contributed by atoms with Gasteiger partial charge in [0, 0.05) is 35.5 Å². The summed E-state index contributed by atoms with van der Waals surface area (Å²) in [5, 5.41) is 6.53. The Balaban J connectivity index is 1.68. The number of aliphatic imine (C=N–C) groups is 1. The van der Waals surface area contributed by atoms with E-state index in [9.17, 15) is 4.79 Å². The Morgan fingerprint density at radius 2 is 1.96 bits per heavy atom. The monoisotopic (exact) mass is 331 g/mol. The van der Waals surface area contributed by atoms with Crippen LogP contribution >= 0.6 is 0 Å². The first-order valence-electron chi connectivity index (χ1n) is 8.69. The Kier molecular flexibility index (Phi) is 4.10. The van der Waals surface area contributed by atoms with Gasteiger partial charge in [0.05, 0.1) is 11.7 Å². The minimum absolute atomic E-state index is 0.0630. The Morgan fingerprint density at radius 1 is 1.12 bits per heavy atom. The molecule has 0 saturated carbocycles. The lowest BCUT2D eigenvalue weighted by Crippen LogP contribution is -2.31. The number of para-hydroxylation sites is 1. The lowest BCUT2D eigenvalue weighted by atomic mass is 9.80. The molecule has 2 unspecified atom stereocenters. The quantitative estimate of drug-likeness (QED) is 0.844. The average Bonchev–Trinajstić information content (AvgIpc) is 2.61. The van der Waals surface area contributed by atoms with Crippen molar-refractivity contribution in [2.75, 3.05) is 10.6 Å². The zero-order valence-electron chi connectivity index (χ0n) is 14.2. The van der Waals surface area contributed by atoms with Crippen LogP contribution in [0.4, 0.5) is 17.1 Å². The highest BCUT2D eigenvalue weighted by Gasteiger charge is 2.32. The molecule has 4 heteroatoms. The van der Waals surface area contributed by atoms with Crippen molar-refractivity contribution in [2.45, 2.75) is 25.8 Å². The number of benzene rings is 2. The van der Waals surface area contributed by atoms with Crippen molar-refractivity contribution in [3.8, 4) is 0 Å². The van der Waals surface area contributed by atoms with E-state index in [0.717, 1.165) is 35.6 Å². The summed E-state index contributed by atoms with van der Waals surface area (Å²) in [5.41, 5.74) is 5.23. The second-order valence-corrected chi connectivity index (χ2v) is 6.57. The van der Waals surface area contributed by atoms with Crippen molar-refractivity contribution in [2.24, 2.45) is 10.9 Å². The van der Waals surface area contributed by atoms with Crippen LogP contribution in [0.2, 0.25) is 0 Å². The molecule has 2 aliphatic rings. The van der Waals surface area contributed by atoms with Crippen LogP contribution in [-0.2, 0) is 4.79 Å². The van der Waals surface area contributed by atoms with Crippen LogP contribution in [0, 0.1) is 5.92 Å². The maximum absolute atomic E-state index is 11.3. The van der Waals surface area contributed by atoms with Crippen molar-refractivity contribution < 1.29 is 4.79 Å². The molecule has 0 radical (unpaired) electrons. The minimum atomic E-state index is -0.0630. The summed E-state index contributed by atoms with van der Waals surface area (Å²) >= 11 is 0. The van der Waals surface area contributed by atoms with Crippen LogP contribution in [-0.4, -0.2) is 11.6 Å². The SMILES string of the molecule is CC(=O)Nc1cccc(NC2c3ccccc3N=C3C=CCCC32)c1. The first-order chi connectivity index (χ1) is 12.2. The largest absolute Gasteiger partial charge is 0.377 e. The van der Waals surface area contributed by atoms with Crippen molar-refractivity contribution in [1.82, 2.24) is 0 Å². The van der Waals surface area contributed by atoms with Crippen molar-refractivity contribution in [1.29, 1.82) is 0 Å². The zero-order chi connectivity index (χ0) is 17.2. The summed E-state index contributed by atoms with van der Waals surface area (Å²) in [5.74, 6) is 0.302. The number of anilines is 2. The van der Waals surface area contributed by atoms with Gasteiger partial charge in [-0.3, -0.25) is 9.79 Å². The van der Waals surface area contributed by atoms with Gasteiger partial charge >= 0.3 is 0 Å². The third-order valence-electron chi connectivity index (χ3n) is 4.74. The van der Waals surface area contributed by atoms with Crippen LogP contribution in [0.5, 0.6) is 0 Å². The van der Waals surface area contributed by atoms with Gasteiger partial charge in [-0.1, -0.05) is 30.3 Å².